The zero-order valence-corrected chi connectivity index (χ0v) is 21.7. The molecule has 4 rings (SSSR count). The number of carbonyl (C=O) groups excluding carboxylic acids is 3. The van der Waals surface area contributed by atoms with E-state index in [0.717, 1.165) is 6.42 Å². The number of likely N-dealkylation sites (tertiary alicyclic amines) is 1. The van der Waals surface area contributed by atoms with Crippen molar-refractivity contribution in [1.29, 1.82) is 0 Å². The summed E-state index contributed by atoms with van der Waals surface area (Å²) in [6.45, 7) is 8.66. The lowest BCUT2D eigenvalue weighted by Gasteiger charge is -2.35. The van der Waals surface area contributed by atoms with Crippen LogP contribution in [0, 0.1) is 11.8 Å². The molecule has 9 heteroatoms. The molecular formula is C27H39N3O6. The maximum atomic E-state index is 13.8. The highest BCUT2D eigenvalue weighted by atomic mass is 16.5. The van der Waals surface area contributed by atoms with Gasteiger partial charge in [0.15, 0.2) is 0 Å². The van der Waals surface area contributed by atoms with Crippen molar-refractivity contribution < 1.29 is 29.0 Å². The van der Waals surface area contributed by atoms with Crippen LogP contribution < -0.4 is 15.4 Å². The Kier molecular flexibility index (Phi) is 7.61. The molecular weight excluding hydrogens is 462 g/mol. The summed E-state index contributed by atoms with van der Waals surface area (Å²) in [5.74, 6) is -1.34. The van der Waals surface area contributed by atoms with Crippen LogP contribution in [0.1, 0.15) is 59.8 Å². The minimum absolute atomic E-state index is 0.0903. The highest BCUT2D eigenvalue weighted by Crippen LogP contribution is 2.58. The maximum Gasteiger partial charge on any atom is 0.246 e. The second kappa shape index (κ2) is 10.4. The lowest BCUT2D eigenvalue weighted by atomic mass is 9.70. The van der Waals surface area contributed by atoms with Gasteiger partial charge in [-0.2, -0.15) is 0 Å². The summed E-state index contributed by atoms with van der Waals surface area (Å²) in [6, 6.07) is 6.35. The number of amides is 3. The second-order valence-electron chi connectivity index (χ2n) is 11.1. The van der Waals surface area contributed by atoms with E-state index >= 15 is 0 Å². The first-order valence-electron chi connectivity index (χ1n) is 13.1. The molecule has 3 aliphatic heterocycles. The number of ether oxygens (including phenoxy) is 2. The molecule has 1 aromatic carbocycles. The van der Waals surface area contributed by atoms with Gasteiger partial charge in [0.05, 0.1) is 24.5 Å². The van der Waals surface area contributed by atoms with Crippen molar-refractivity contribution in [1.82, 2.24) is 10.2 Å². The second-order valence-corrected chi connectivity index (χ2v) is 11.1. The van der Waals surface area contributed by atoms with Crippen molar-refractivity contribution >= 4 is 23.4 Å². The number of unbranched alkanes of at least 4 members (excludes halogenated alkanes) is 2. The minimum atomic E-state index is -1.01. The van der Waals surface area contributed by atoms with E-state index in [2.05, 4.69) is 10.6 Å². The van der Waals surface area contributed by atoms with Crippen LogP contribution in [0.25, 0.3) is 0 Å². The highest BCUT2D eigenvalue weighted by molar-refractivity contribution is 6.02. The van der Waals surface area contributed by atoms with Crippen LogP contribution in [-0.4, -0.2) is 70.8 Å². The quantitative estimate of drug-likeness (QED) is 0.424. The molecule has 9 nitrogen and oxygen atoms in total. The molecule has 3 fully saturated rings. The van der Waals surface area contributed by atoms with Crippen LogP contribution in [0.4, 0.5) is 5.69 Å². The van der Waals surface area contributed by atoms with E-state index in [1.54, 1.807) is 29.2 Å². The summed E-state index contributed by atoms with van der Waals surface area (Å²) >= 11 is 0. The minimum Gasteiger partial charge on any atom is -0.494 e. The van der Waals surface area contributed by atoms with E-state index < -0.39 is 35.1 Å². The molecule has 2 bridgehead atoms. The smallest absolute Gasteiger partial charge is 0.246 e. The standard InChI is InChI=1S/C27H39N3O6/c1-5-35-18-11-9-17(10-12-18)28-23(32)20-19-13-14-27(36-19)21(20)25(34)30(15-7-6-8-16-31)22(27)24(33)29-26(2,3)4/h9-12,19-22,31H,5-8,13-16H2,1-4H3,(H,28,32)(H,29,33)/t19-,20+,21-,22?,27?/m0/s1. The van der Waals surface area contributed by atoms with Crippen LogP contribution >= 0.6 is 0 Å². The molecule has 3 saturated heterocycles. The van der Waals surface area contributed by atoms with Crippen molar-refractivity contribution in [3.05, 3.63) is 24.3 Å². The summed E-state index contributed by atoms with van der Waals surface area (Å²) < 4.78 is 11.9. The molecule has 0 aliphatic carbocycles. The van der Waals surface area contributed by atoms with Crippen molar-refractivity contribution in [2.24, 2.45) is 11.8 Å². The molecule has 2 unspecified atom stereocenters. The average molecular weight is 502 g/mol. The Bertz CT molecular complexity index is 975. The van der Waals surface area contributed by atoms with E-state index in [9.17, 15) is 14.4 Å². The monoisotopic (exact) mass is 501 g/mol. The Balaban J connectivity index is 1.58. The number of nitrogens with zero attached hydrogens (tertiary/aromatic N) is 1. The van der Waals surface area contributed by atoms with E-state index in [1.807, 2.05) is 27.7 Å². The summed E-state index contributed by atoms with van der Waals surface area (Å²) in [4.78, 5) is 42.5. The molecule has 1 spiro atoms. The van der Waals surface area contributed by atoms with Crippen molar-refractivity contribution in [2.75, 3.05) is 25.1 Å². The molecule has 1 aromatic rings. The third kappa shape index (κ3) is 4.95. The fourth-order valence-corrected chi connectivity index (χ4v) is 6.03. The fourth-order valence-electron chi connectivity index (χ4n) is 6.03. The summed E-state index contributed by atoms with van der Waals surface area (Å²) in [7, 11) is 0. The topological polar surface area (TPSA) is 117 Å². The van der Waals surface area contributed by atoms with Gasteiger partial charge < -0.3 is 30.1 Å². The number of carbonyl (C=O) groups is 3. The third-order valence-electron chi connectivity index (χ3n) is 7.34. The molecule has 198 valence electrons. The molecule has 3 N–H and O–H groups in total. The zero-order valence-electron chi connectivity index (χ0n) is 21.7. The molecule has 0 aromatic heterocycles. The Morgan fingerprint density at radius 2 is 1.89 bits per heavy atom. The maximum absolute atomic E-state index is 13.8. The average Bonchev–Trinajstić information content (AvgIpc) is 3.44. The molecule has 5 atom stereocenters. The van der Waals surface area contributed by atoms with Crippen molar-refractivity contribution in [3.63, 3.8) is 0 Å². The number of aliphatic hydroxyl groups is 1. The number of hydrogen-bond acceptors (Lipinski definition) is 6. The van der Waals surface area contributed by atoms with E-state index in [-0.39, 0.29) is 24.3 Å². The van der Waals surface area contributed by atoms with Crippen LogP contribution in [0.3, 0.4) is 0 Å². The number of aliphatic hydroxyl groups excluding tert-OH is 1. The Labute approximate surface area is 212 Å². The first-order chi connectivity index (χ1) is 17.1. The lowest BCUT2D eigenvalue weighted by molar-refractivity contribution is -0.142. The summed E-state index contributed by atoms with van der Waals surface area (Å²) in [6.07, 6.45) is 2.85. The van der Waals surface area contributed by atoms with E-state index in [4.69, 9.17) is 14.6 Å². The van der Waals surface area contributed by atoms with Gasteiger partial charge in [0.25, 0.3) is 0 Å². The zero-order chi connectivity index (χ0) is 26.1. The predicted octanol–water partition coefficient (Wildman–Crippen LogP) is 2.48. The third-order valence-corrected chi connectivity index (χ3v) is 7.34. The number of hydrogen-bond donors (Lipinski definition) is 3. The predicted molar refractivity (Wildman–Crippen MR) is 134 cm³/mol. The Hall–Kier alpha value is -2.65. The van der Waals surface area contributed by atoms with Gasteiger partial charge in [-0.3, -0.25) is 14.4 Å². The summed E-state index contributed by atoms with van der Waals surface area (Å²) in [5.41, 5.74) is -0.860. The number of nitrogens with one attached hydrogen (secondary N) is 2. The first kappa shape index (κ1) is 26.4. The van der Waals surface area contributed by atoms with Crippen LogP contribution in [0.2, 0.25) is 0 Å². The van der Waals surface area contributed by atoms with E-state index in [1.165, 1.54) is 0 Å². The van der Waals surface area contributed by atoms with Gasteiger partial charge in [-0.05, 0) is 84.1 Å². The van der Waals surface area contributed by atoms with Crippen LogP contribution in [0.15, 0.2) is 24.3 Å². The number of anilines is 1. The van der Waals surface area contributed by atoms with Gasteiger partial charge >= 0.3 is 0 Å². The SMILES string of the molecule is CCOc1ccc(NC(=O)[C@@H]2[C@@H]3CCC4(O3)C(C(=O)NC(C)(C)C)N(CCCCCO)C(=O)[C@H]24)cc1. The van der Waals surface area contributed by atoms with Gasteiger partial charge in [-0.1, -0.05) is 0 Å². The number of fused-ring (bicyclic) bond motifs is 1. The molecule has 3 amide bonds. The van der Waals surface area contributed by atoms with Crippen molar-refractivity contribution in [3.8, 4) is 5.75 Å². The van der Waals surface area contributed by atoms with Gasteiger partial charge in [0.1, 0.15) is 17.4 Å². The largest absolute Gasteiger partial charge is 0.494 e. The number of benzene rings is 1. The molecule has 0 radical (unpaired) electrons. The Morgan fingerprint density at radius 3 is 2.53 bits per heavy atom. The molecule has 3 aliphatic rings. The first-order valence-corrected chi connectivity index (χ1v) is 13.1. The molecule has 36 heavy (non-hydrogen) atoms. The lowest BCUT2D eigenvalue weighted by Crippen LogP contribution is -2.58. The van der Waals surface area contributed by atoms with Crippen molar-refractivity contribution in [2.45, 2.75) is 83.1 Å². The van der Waals surface area contributed by atoms with Crippen LogP contribution in [0.5, 0.6) is 5.75 Å². The van der Waals surface area contributed by atoms with E-state index in [0.29, 0.717) is 50.3 Å². The Morgan fingerprint density at radius 1 is 1.17 bits per heavy atom. The summed E-state index contributed by atoms with van der Waals surface area (Å²) in [5, 5.41) is 15.1. The fraction of sp³-hybridized carbons (Fsp3) is 0.667. The molecule has 3 heterocycles. The van der Waals surface area contributed by atoms with Gasteiger partial charge in [-0.25, -0.2) is 0 Å². The van der Waals surface area contributed by atoms with Crippen LogP contribution in [-0.2, 0) is 19.1 Å². The van der Waals surface area contributed by atoms with Gasteiger partial charge in [-0.15, -0.1) is 0 Å². The van der Waals surface area contributed by atoms with Gasteiger partial charge in [0, 0.05) is 24.4 Å². The molecule has 0 saturated carbocycles. The highest BCUT2D eigenvalue weighted by Gasteiger charge is 2.74. The number of rotatable bonds is 10. The normalized spacial score (nSPS) is 28.8. The van der Waals surface area contributed by atoms with Gasteiger partial charge in [0.2, 0.25) is 17.7 Å².